The van der Waals surface area contributed by atoms with Crippen LogP contribution in [0.5, 0.6) is 0 Å². The summed E-state index contributed by atoms with van der Waals surface area (Å²) in [6, 6.07) is 0. The Bertz CT molecular complexity index is 188. The summed E-state index contributed by atoms with van der Waals surface area (Å²) >= 11 is 0. The van der Waals surface area contributed by atoms with Crippen molar-refractivity contribution in [3.8, 4) is 0 Å². The second-order valence-electron chi connectivity index (χ2n) is 6.29. The highest BCUT2D eigenvalue weighted by molar-refractivity contribution is 4.92. The smallest absolute Gasteiger partial charge is 0.0355 e. The van der Waals surface area contributed by atoms with Crippen LogP contribution in [0.3, 0.4) is 0 Å². The lowest BCUT2D eigenvalue weighted by molar-refractivity contribution is 0.0117. The minimum absolute atomic E-state index is 1.12. The van der Waals surface area contributed by atoms with E-state index in [1.165, 1.54) is 32.1 Å². The fourth-order valence-electron chi connectivity index (χ4n) is 4.56. The Morgan fingerprint density at radius 3 is 1.75 bits per heavy atom. The number of fused-ring (bicyclic) bond motifs is 3. The first kappa shape index (κ1) is 12.5. The van der Waals surface area contributed by atoms with Crippen LogP contribution in [0, 0.1) is 23.7 Å². The van der Waals surface area contributed by atoms with Crippen molar-refractivity contribution in [1.82, 2.24) is 0 Å². The molecule has 0 aromatic heterocycles. The summed E-state index contributed by atoms with van der Waals surface area (Å²) in [7, 11) is 0. The molecule has 0 aromatic rings. The molecule has 3 fully saturated rings. The molecule has 0 nitrogen and oxygen atoms in total. The third kappa shape index (κ3) is 2.63. The van der Waals surface area contributed by atoms with E-state index in [-0.39, 0.29) is 0 Å². The highest BCUT2D eigenvalue weighted by Gasteiger charge is 2.42. The Balaban J connectivity index is 1.90. The van der Waals surface area contributed by atoms with Crippen molar-refractivity contribution >= 4 is 0 Å². The second-order valence-corrected chi connectivity index (χ2v) is 6.29. The Morgan fingerprint density at radius 1 is 0.688 bits per heavy atom. The maximum Gasteiger partial charge on any atom is -0.0355 e. The minimum atomic E-state index is 1.12. The van der Waals surface area contributed by atoms with Crippen LogP contribution < -0.4 is 0 Å². The van der Waals surface area contributed by atoms with Crippen LogP contribution in [-0.2, 0) is 0 Å². The lowest BCUT2D eigenvalue weighted by Crippen LogP contribution is -2.39. The van der Waals surface area contributed by atoms with Gasteiger partial charge >= 0.3 is 0 Å². The Kier molecular flexibility index (Phi) is 4.73. The molecule has 2 bridgehead atoms. The summed E-state index contributed by atoms with van der Waals surface area (Å²) in [4.78, 5) is 0. The van der Waals surface area contributed by atoms with E-state index in [1.54, 1.807) is 32.1 Å². The monoisotopic (exact) mass is 222 g/mol. The Labute approximate surface area is 102 Å². The molecule has 0 aromatic carbocycles. The van der Waals surface area contributed by atoms with Crippen LogP contribution in [0.15, 0.2) is 0 Å². The van der Waals surface area contributed by atoms with Gasteiger partial charge in [-0.3, -0.25) is 0 Å². The zero-order chi connectivity index (χ0) is 11.4. The topological polar surface area (TPSA) is 0 Å². The molecule has 0 amide bonds. The van der Waals surface area contributed by atoms with Gasteiger partial charge in [-0.1, -0.05) is 46.0 Å². The van der Waals surface area contributed by atoms with Crippen LogP contribution in [-0.4, -0.2) is 0 Å². The SMILES string of the molecule is CCCCCC1C2CCC(CC2)C1CCC. The van der Waals surface area contributed by atoms with E-state index in [9.17, 15) is 0 Å². The van der Waals surface area contributed by atoms with Crippen LogP contribution in [0.4, 0.5) is 0 Å². The van der Waals surface area contributed by atoms with Crippen molar-refractivity contribution < 1.29 is 0 Å². The molecule has 3 aliphatic carbocycles. The van der Waals surface area contributed by atoms with E-state index >= 15 is 0 Å². The average molecular weight is 222 g/mol. The molecular formula is C16H30. The van der Waals surface area contributed by atoms with Crippen LogP contribution in [0.2, 0.25) is 0 Å². The lowest BCUT2D eigenvalue weighted by Gasteiger charge is -2.49. The van der Waals surface area contributed by atoms with Gasteiger partial charge in [0, 0.05) is 0 Å². The van der Waals surface area contributed by atoms with E-state index in [0.29, 0.717) is 0 Å². The molecule has 0 saturated heterocycles. The quantitative estimate of drug-likeness (QED) is 0.526. The van der Waals surface area contributed by atoms with Crippen LogP contribution >= 0.6 is 0 Å². The molecule has 94 valence electrons. The summed E-state index contributed by atoms with van der Waals surface area (Å²) < 4.78 is 0. The van der Waals surface area contributed by atoms with E-state index in [2.05, 4.69) is 13.8 Å². The largest absolute Gasteiger partial charge is 0.0654 e. The number of unbranched alkanes of at least 4 members (excludes halogenated alkanes) is 2. The van der Waals surface area contributed by atoms with Gasteiger partial charge < -0.3 is 0 Å². The van der Waals surface area contributed by atoms with E-state index in [0.717, 1.165) is 23.7 Å². The first-order valence-corrected chi connectivity index (χ1v) is 7.86. The number of rotatable bonds is 6. The van der Waals surface area contributed by atoms with Gasteiger partial charge in [-0.15, -0.1) is 0 Å². The highest BCUT2D eigenvalue weighted by atomic mass is 14.5. The van der Waals surface area contributed by atoms with Crippen LogP contribution in [0.1, 0.15) is 78.1 Å². The van der Waals surface area contributed by atoms with Crippen LogP contribution in [0.25, 0.3) is 0 Å². The van der Waals surface area contributed by atoms with Crippen molar-refractivity contribution in [2.75, 3.05) is 0 Å². The lowest BCUT2D eigenvalue weighted by atomic mass is 9.56. The molecule has 0 radical (unpaired) electrons. The predicted octanol–water partition coefficient (Wildman–Crippen LogP) is 5.42. The van der Waals surface area contributed by atoms with Crippen molar-refractivity contribution in [3.63, 3.8) is 0 Å². The van der Waals surface area contributed by atoms with Crippen molar-refractivity contribution in [2.45, 2.75) is 78.1 Å². The van der Waals surface area contributed by atoms with E-state index in [1.807, 2.05) is 0 Å². The first-order valence-electron chi connectivity index (χ1n) is 7.86. The maximum atomic E-state index is 2.38. The third-order valence-electron chi connectivity index (χ3n) is 5.34. The molecule has 3 aliphatic rings. The zero-order valence-electron chi connectivity index (χ0n) is 11.4. The van der Waals surface area contributed by atoms with Gasteiger partial charge in [0.2, 0.25) is 0 Å². The molecule has 0 heteroatoms. The van der Waals surface area contributed by atoms with Crippen molar-refractivity contribution in [2.24, 2.45) is 23.7 Å². The molecule has 0 aliphatic heterocycles. The van der Waals surface area contributed by atoms with Gasteiger partial charge in [0.1, 0.15) is 0 Å². The number of hydrogen-bond acceptors (Lipinski definition) is 0. The van der Waals surface area contributed by atoms with E-state index < -0.39 is 0 Å². The van der Waals surface area contributed by atoms with Gasteiger partial charge in [0.05, 0.1) is 0 Å². The maximum absolute atomic E-state index is 2.38. The van der Waals surface area contributed by atoms with Gasteiger partial charge in [-0.25, -0.2) is 0 Å². The average Bonchev–Trinajstić information content (AvgIpc) is 2.33. The highest BCUT2D eigenvalue weighted by Crippen LogP contribution is 2.52. The Hall–Kier alpha value is 0. The molecular weight excluding hydrogens is 192 g/mol. The normalized spacial score (nSPS) is 37.9. The van der Waals surface area contributed by atoms with E-state index in [4.69, 9.17) is 0 Å². The molecule has 16 heavy (non-hydrogen) atoms. The summed E-state index contributed by atoms with van der Waals surface area (Å²) in [5.41, 5.74) is 0. The number of hydrogen-bond donors (Lipinski definition) is 0. The summed E-state index contributed by atoms with van der Waals surface area (Å²) in [5, 5.41) is 0. The standard InChI is InChI=1S/C16H30/c1-3-5-6-8-16-14-11-9-13(10-12-14)15(16)7-4-2/h13-16H,3-12H2,1-2H3. The van der Waals surface area contributed by atoms with Gasteiger partial charge in [-0.2, -0.15) is 0 Å². The van der Waals surface area contributed by atoms with Gasteiger partial charge in [0.15, 0.2) is 0 Å². The fourth-order valence-corrected chi connectivity index (χ4v) is 4.56. The molecule has 0 N–H and O–H groups in total. The summed E-state index contributed by atoms with van der Waals surface area (Å²) in [5.74, 6) is 4.49. The summed E-state index contributed by atoms with van der Waals surface area (Å²) in [6.45, 7) is 4.71. The molecule has 2 atom stereocenters. The second kappa shape index (κ2) is 6.07. The van der Waals surface area contributed by atoms with Gasteiger partial charge in [0.25, 0.3) is 0 Å². The zero-order valence-corrected chi connectivity index (χ0v) is 11.4. The fraction of sp³-hybridized carbons (Fsp3) is 1.00. The van der Waals surface area contributed by atoms with Crippen molar-refractivity contribution in [3.05, 3.63) is 0 Å². The molecule has 0 heterocycles. The third-order valence-corrected chi connectivity index (χ3v) is 5.34. The van der Waals surface area contributed by atoms with Crippen molar-refractivity contribution in [1.29, 1.82) is 0 Å². The minimum Gasteiger partial charge on any atom is -0.0654 e. The summed E-state index contributed by atoms with van der Waals surface area (Å²) in [6.07, 6.45) is 15.1. The van der Waals surface area contributed by atoms with Gasteiger partial charge in [-0.05, 0) is 55.8 Å². The Morgan fingerprint density at radius 2 is 1.25 bits per heavy atom. The molecule has 3 rings (SSSR count). The molecule has 0 spiro atoms. The molecule has 2 unspecified atom stereocenters. The first-order chi connectivity index (χ1) is 7.86. The molecule has 3 saturated carbocycles. The predicted molar refractivity (Wildman–Crippen MR) is 71.5 cm³/mol.